The number of rotatable bonds is 3. The molecule has 0 aromatic rings. The number of hydrogen-bond donors (Lipinski definition) is 4. The van der Waals surface area contributed by atoms with E-state index in [0.29, 0.717) is 6.42 Å². The topological polar surface area (TPSA) is 149 Å². The van der Waals surface area contributed by atoms with Crippen molar-refractivity contribution in [3.63, 3.8) is 0 Å². The molecule has 0 atom stereocenters. The van der Waals surface area contributed by atoms with Crippen LogP contribution in [0, 0.1) is 0 Å². The van der Waals surface area contributed by atoms with Gasteiger partial charge in [0, 0.05) is 0 Å². The largest absolute Gasteiger partial charge is 0.366 e. The molecule has 0 amide bonds. The number of alkyl halides is 2. The van der Waals surface area contributed by atoms with Gasteiger partial charge in [-0.1, -0.05) is 6.92 Å². The van der Waals surface area contributed by atoms with E-state index in [-0.39, 0.29) is 0 Å². The molecule has 8 nitrogen and oxygen atoms in total. The highest BCUT2D eigenvalue weighted by Gasteiger charge is 2.08. The summed E-state index contributed by atoms with van der Waals surface area (Å²) in [5.74, 6) is -1.46. The first-order valence-corrected chi connectivity index (χ1v) is 7.37. The van der Waals surface area contributed by atoms with Crippen LogP contribution in [0.3, 0.4) is 0 Å². The maximum Gasteiger partial charge on any atom is 0.294 e. The SMILES string of the molecule is CCC(C)(O)O.O=S(=O)(O)CF.O=S(=O)(O)CF. The predicted octanol–water partition coefficient (Wildman–Crippen LogP) is -0.300. The van der Waals surface area contributed by atoms with Gasteiger partial charge in [0.25, 0.3) is 20.2 Å². The third kappa shape index (κ3) is 45.0. The van der Waals surface area contributed by atoms with E-state index in [1.54, 1.807) is 6.92 Å². The second-order valence-corrected chi connectivity index (χ2v) is 5.72. The summed E-state index contributed by atoms with van der Waals surface area (Å²) in [5, 5.41) is 16.8. The summed E-state index contributed by atoms with van der Waals surface area (Å²) in [6.07, 6.45) is 0.382. The van der Waals surface area contributed by atoms with Crippen molar-refractivity contribution in [2.45, 2.75) is 26.1 Å². The van der Waals surface area contributed by atoms with E-state index in [1.807, 2.05) is 0 Å². The molecule has 0 saturated carbocycles. The van der Waals surface area contributed by atoms with Crippen molar-refractivity contribution in [2.75, 3.05) is 12.0 Å². The minimum absolute atomic E-state index is 0.382. The minimum Gasteiger partial charge on any atom is -0.366 e. The van der Waals surface area contributed by atoms with Crippen molar-refractivity contribution in [3.8, 4) is 0 Å². The molecule has 0 aliphatic heterocycles. The molecule has 0 spiro atoms. The van der Waals surface area contributed by atoms with Crippen molar-refractivity contribution >= 4 is 20.2 Å². The highest BCUT2D eigenvalue weighted by molar-refractivity contribution is 7.85. The van der Waals surface area contributed by atoms with Gasteiger partial charge in [0.2, 0.25) is 12.0 Å². The van der Waals surface area contributed by atoms with Gasteiger partial charge in [0.1, 0.15) is 0 Å². The molecular formula is C6H16F2O8S2. The molecule has 0 unspecified atom stereocenters. The van der Waals surface area contributed by atoms with Crippen LogP contribution in [-0.4, -0.2) is 54.0 Å². The van der Waals surface area contributed by atoms with Crippen molar-refractivity contribution in [3.05, 3.63) is 0 Å². The van der Waals surface area contributed by atoms with E-state index in [4.69, 9.17) is 19.3 Å². The number of aliphatic hydroxyl groups is 2. The van der Waals surface area contributed by atoms with Gasteiger partial charge in [0.05, 0.1) is 0 Å². The average Bonchev–Trinajstić information content (AvgIpc) is 2.16. The summed E-state index contributed by atoms with van der Waals surface area (Å²) in [5.41, 5.74) is 0. The van der Waals surface area contributed by atoms with Crippen LogP contribution in [0.25, 0.3) is 0 Å². The highest BCUT2D eigenvalue weighted by atomic mass is 32.2. The normalized spacial score (nSPS) is 11.8. The standard InChI is InChI=1S/C4H10O2.2CH3FO3S/c1-3-4(2,5)6;2*2-1-6(3,4)5/h5-6H,3H2,1-2H3;2*1H2,(H,3,4,5). The van der Waals surface area contributed by atoms with Crippen molar-refractivity contribution < 1.29 is 44.9 Å². The lowest BCUT2D eigenvalue weighted by Crippen LogP contribution is -2.20. The van der Waals surface area contributed by atoms with Crippen molar-refractivity contribution in [2.24, 2.45) is 0 Å². The monoisotopic (exact) mass is 318 g/mol. The van der Waals surface area contributed by atoms with Crippen molar-refractivity contribution in [1.82, 2.24) is 0 Å². The van der Waals surface area contributed by atoms with Crippen LogP contribution in [0.2, 0.25) is 0 Å². The summed E-state index contributed by atoms with van der Waals surface area (Å²) in [6, 6.07) is -3.40. The Labute approximate surface area is 104 Å². The Kier molecular flexibility index (Phi) is 12.0. The maximum absolute atomic E-state index is 10.7. The average molecular weight is 318 g/mol. The van der Waals surface area contributed by atoms with Crippen LogP contribution in [0.5, 0.6) is 0 Å². The van der Waals surface area contributed by atoms with Crippen LogP contribution in [0.15, 0.2) is 0 Å². The summed E-state index contributed by atoms with van der Waals surface area (Å²) in [6.45, 7) is 3.06. The van der Waals surface area contributed by atoms with E-state index in [0.717, 1.165) is 0 Å². The van der Waals surface area contributed by atoms with Gasteiger partial charge in [-0.25, -0.2) is 8.78 Å². The second kappa shape index (κ2) is 9.52. The Balaban J connectivity index is -0.000000187. The zero-order valence-corrected chi connectivity index (χ0v) is 11.2. The molecule has 0 aromatic carbocycles. The number of hydrogen-bond acceptors (Lipinski definition) is 6. The Morgan fingerprint density at radius 1 is 0.944 bits per heavy atom. The quantitative estimate of drug-likeness (QED) is 0.409. The lowest BCUT2D eigenvalue weighted by molar-refractivity contribution is -0.145. The summed E-state index contributed by atoms with van der Waals surface area (Å²) < 4.78 is 72.9. The van der Waals surface area contributed by atoms with Gasteiger partial charge in [0.15, 0.2) is 5.79 Å². The van der Waals surface area contributed by atoms with Gasteiger partial charge >= 0.3 is 0 Å². The molecule has 0 heterocycles. The molecule has 0 saturated heterocycles. The number of halogens is 2. The maximum atomic E-state index is 10.7. The summed E-state index contributed by atoms with van der Waals surface area (Å²) in [7, 11) is -8.66. The van der Waals surface area contributed by atoms with E-state index < -0.39 is 38.0 Å². The Morgan fingerprint density at radius 3 is 1.06 bits per heavy atom. The fourth-order valence-electron chi connectivity index (χ4n) is 0. The third-order valence-electron chi connectivity index (χ3n) is 0.946. The Morgan fingerprint density at radius 2 is 1.06 bits per heavy atom. The molecule has 12 heteroatoms. The lowest BCUT2D eigenvalue weighted by Gasteiger charge is -2.10. The van der Waals surface area contributed by atoms with E-state index in [9.17, 15) is 25.6 Å². The molecule has 4 N–H and O–H groups in total. The third-order valence-corrected chi connectivity index (χ3v) is 1.50. The lowest BCUT2D eigenvalue weighted by atomic mass is 10.3. The first-order chi connectivity index (χ1) is 7.68. The molecule has 0 aliphatic rings. The molecule has 0 rings (SSSR count). The van der Waals surface area contributed by atoms with Crippen molar-refractivity contribution in [1.29, 1.82) is 0 Å². The molecule has 0 radical (unpaired) electrons. The zero-order valence-electron chi connectivity index (χ0n) is 9.62. The molecule has 18 heavy (non-hydrogen) atoms. The molecule has 0 fully saturated rings. The van der Waals surface area contributed by atoms with Crippen LogP contribution >= 0.6 is 0 Å². The highest BCUT2D eigenvalue weighted by Crippen LogP contribution is 1.99. The van der Waals surface area contributed by atoms with Crippen LogP contribution < -0.4 is 0 Å². The Hall–Kier alpha value is -0.400. The fourth-order valence-corrected chi connectivity index (χ4v) is 0. The van der Waals surface area contributed by atoms with E-state index in [2.05, 4.69) is 0 Å². The molecule has 0 aliphatic carbocycles. The predicted molar refractivity (Wildman–Crippen MR) is 58.2 cm³/mol. The van der Waals surface area contributed by atoms with Crippen LogP contribution in [0.1, 0.15) is 20.3 Å². The zero-order chi connectivity index (χ0) is 15.6. The van der Waals surface area contributed by atoms with E-state index >= 15 is 0 Å². The molecule has 0 aromatic heterocycles. The van der Waals surface area contributed by atoms with Gasteiger partial charge in [-0.3, -0.25) is 9.11 Å². The first-order valence-electron chi connectivity index (χ1n) is 4.15. The van der Waals surface area contributed by atoms with Gasteiger partial charge in [-0.2, -0.15) is 16.8 Å². The summed E-state index contributed by atoms with van der Waals surface area (Å²) in [4.78, 5) is 0. The van der Waals surface area contributed by atoms with Gasteiger partial charge in [-0.05, 0) is 13.3 Å². The van der Waals surface area contributed by atoms with E-state index in [1.165, 1.54) is 6.92 Å². The van der Waals surface area contributed by atoms with Crippen LogP contribution in [-0.2, 0) is 20.2 Å². The second-order valence-electron chi connectivity index (χ2n) is 2.95. The molecule has 0 bridgehead atoms. The fraction of sp³-hybridized carbons (Fsp3) is 1.00. The first kappa shape index (κ1) is 22.8. The minimum atomic E-state index is -4.33. The van der Waals surface area contributed by atoms with Gasteiger partial charge < -0.3 is 10.2 Å². The smallest absolute Gasteiger partial charge is 0.294 e. The van der Waals surface area contributed by atoms with Crippen LogP contribution in [0.4, 0.5) is 8.78 Å². The molecular weight excluding hydrogens is 302 g/mol. The summed E-state index contributed by atoms with van der Waals surface area (Å²) >= 11 is 0. The Bertz CT molecular complexity index is 350. The molecule has 114 valence electrons. The van der Waals surface area contributed by atoms with Gasteiger partial charge in [-0.15, -0.1) is 0 Å².